The molecule has 0 spiro atoms. The second-order valence-corrected chi connectivity index (χ2v) is 9.77. The fourth-order valence-corrected chi connectivity index (χ4v) is 3.27. The van der Waals surface area contributed by atoms with E-state index < -0.39 is 0 Å². The van der Waals surface area contributed by atoms with Crippen molar-refractivity contribution in [1.29, 1.82) is 0 Å². The Morgan fingerprint density at radius 3 is 2.37 bits per heavy atom. The van der Waals surface area contributed by atoms with Gasteiger partial charge in [0.1, 0.15) is 5.69 Å². The van der Waals surface area contributed by atoms with E-state index in [-0.39, 0.29) is 23.4 Å². The van der Waals surface area contributed by atoms with Gasteiger partial charge >= 0.3 is 0 Å². The Labute approximate surface area is 184 Å². The Morgan fingerprint density at radius 1 is 1.13 bits per heavy atom. The van der Waals surface area contributed by atoms with Crippen LogP contribution >= 0.6 is 0 Å². The van der Waals surface area contributed by atoms with Crippen molar-refractivity contribution in [3.05, 3.63) is 28.9 Å². The molecule has 0 fully saturated rings. The summed E-state index contributed by atoms with van der Waals surface area (Å²) in [7, 11) is 0. The van der Waals surface area contributed by atoms with Gasteiger partial charge in [0.05, 0.1) is 29.8 Å². The third-order valence-corrected chi connectivity index (χ3v) is 5.58. The number of ketones is 1. The van der Waals surface area contributed by atoms with Crippen LogP contribution in [0.3, 0.4) is 0 Å². The molecule has 0 saturated heterocycles. The zero-order chi connectivity index (χ0) is 22.7. The molecule has 0 amide bonds. The Hall–Kier alpha value is -1.55. The van der Waals surface area contributed by atoms with Gasteiger partial charge in [-0.2, -0.15) is 0 Å². The molecule has 0 aliphatic heterocycles. The second-order valence-electron chi connectivity index (χ2n) is 9.77. The van der Waals surface area contributed by atoms with Crippen LogP contribution in [0.1, 0.15) is 122 Å². The number of nitrogens with zero attached hydrogens (tertiary/aromatic N) is 2. The molecule has 4 heteroatoms. The highest BCUT2D eigenvalue weighted by Gasteiger charge is 2.16. The average Bonchev–Trinajstić information content (AvgIpc) is 2.65. The lowest BCUT2D eigenvalue weighted by molar-refractivity contribution is -0.00368. The minimum Gasteiger partial charge on any atom is -0.376 e. The number of aryl methyl sites for hydroxylation is 1. The molecule has 170 valence electrons. The molecule has 4 nitrogen and oxygen atoms in total. The summed E-state index contributed by atoms with van der Waals surface area (Å²) in [5, 5.41) is 0. The number of allylic oxidation sites excluding steroid dienone is 1. The van der Waals surface area contributed by atoms with E-state index in [1.54, 1.807) is 6.20 Å². The number of Topliss-reactive ketones (excluding diaryl/α,β-unsaturated/α-hetero) is 1. The summed E-state index contributed by atoms with van der Waals surface area (Å²) >= 11 is 0. The van der Waals surface area contributed by atoms with E-state index in [0.29, 0.717) is 12.1 Å². The Kier molecular flexibility index (Phi) is 11.5. The van der Waals surface area contributed by atoms with Gasteiger partial charge in [0.15, 0.2) is 5.78 Å². The fourth-order valence-electron chi connectivity index (χ4n) is 3.27. The third kappa shape index (κ3) is 9.97. The minimum atomic E-state index is 0.0722. The smallest absolute Gasteiger partial charge is 0.182 e. The lowest BCUT2D eigenvalue weighted by Gasteiger charge is -2.20. The van der Waals surface area contributed by atoms with Crippen molar-refractivity contribution in [2.45, 2.75) is 119 Å². The maximum Gasteiger partial charge on any atom is 0.182 e. The van der Waals surface area contributed by atoms with E-state index in [4.69, 9.17) is 4.74 Å². The quantitative estimate of drug-likeness (QED) is 0.249. The van der Waals surface area contributed by atoms with Crippen LogP contribution in [0, 0.1) is 12.3 Å². The molecule has 1 rings (SSSR count). The molecule has 1 atom stereocenters. The van der Waals surface area contributed by atoms with Crippen LogP contribution in [0.5, 0.6) is 0 Å². The first kappa shape index (κ1) is 26.5. The molecular formula is C26H44N2O2. The number of unbranched alkanes of at least 4 members (excludes halogenated alkanes) is 3. The van der Waals surface area contributed by atoms with Crippen molar-refractivity contribution in [3.8, 4) is 0 Å². The summed E-state index contributed by atoms with van der Waals surface area (Å²) in [6.07, 6.45) is 12.5. The Morgan fingerprint density at radius 2 is 1.80 bits per heavy atom. The summed E-state index contributed by atoms with van der Waals surface area (Å²) in [6.45, 7) is 17.0. The van der Waals surface area contributed by atoms with Gasteiger partial charge in [-0.25, -0.2) is 4.98 Å². The predicted octanol–water partition coefficient (Wildman–Crippen LogP) is 7.35. The molecule has 1 aromatic heterocycles. The van der Waals surface area contributed by atoms with E-state index in [1.165, 1.54) is 31.3 Å². The largest absolute Gasteiger partial charge is 0.376 e. The summed E-state index contributed by atoms with van der Waals surface area (Å²) in [5.41, 5.74) is 3.46. The minimum absolute atomic E-state index is 0.0722. The lowest BCUT2D eigenvalue weighted by atomic mass is 9.87. The van der Waals surface area contributed by atoms with Gasteiger partial charge < -0.3 is 4.74 Å². The van der Waals surface area contributed by atoms with Gasteiger partial charge in [-0.3, -0.25) is 9.78 Å². The zero-order valence-electron chi connectivity index (χ0n) is 20.7. The molecule has 0 radical (unpaired) electrons. The van der Waals surface area contributed by atoms with Crippen molar-refractivity contribution < 1.29 is 9.53 Å². The van der Waals surface area contributed by atoms with Gasteiger partial charge in [0.2, 0.25) is 0 Å². The monoisotopic (exact) mass is 416 g/mol. The maximum absolute atomic E-state index is 12.6. The van der Waals surface area contributed by atoms with E-state index >= 15 is 0 Å². The van der Waals surface area contributed by atoms with E-state index in [0.717, 1.165) is 30.7 Å². The number of hydrogen-bond acceptors (Lipinski definition) is 4. The van der Waals surface area contributed by atoms with Crippen LogP contribution in [0.25, 0.3) is 6.08 Å². The number of carbonyl (C=O) groups excluding carboxylic acids is 1. The number of rotatable bonds is 13. The van der Waals surface area contributed by atoms with Crippen molar-refractivity contribution in [1.82, 2.24) is 9.97 Å². The maximum atomic E-state index is 12.6. The second kappa shape index (κ2) is 13.0. The molecule has 1 aromatic rings. The summed E-state index contributed by atoms with van der Waals surface area (Å²) in [5.74, 6) is 0.0722. The third-order valence-electron chi connectivity index (χ3n) is 5.58. The summed E-state index contributed by atoms with van der Waals surface area (Å²) in [6, 6.07) is 0. The van der Waals surface area contributed by atoms with E-state index in [2.05, 4.69) is 64.5 Å². The number of ether oxygens (including phenoxy) is 1. The average molecular weight is 417 g/mol. The fraction of sp³-hybridized carbons (Fsp3) is 0.731. The van der Waals surface area contributed by atoms with Crippen LogP contribution in [0.4, 0.5) is 0 Å². The molecule has 0 aliphatic rings. The summed E-state index contributed by atoms with van der Waals surface area (Å²) in [4.78, 5) is 21.7. The summed E-state index contributed by atoms with van der Waals surface area (Å²) < 4.78 is 6.07. The molecule has 1 unspecified atom stereocenters. The highest BCUT2D eigenvalue weighted by molar-refractivity contribution is 5.94. The predicted molar refractivity (Wildman–Crippen MR) is 127 cm³/mol. The number of carbonyl (C=O) groups is 1. The molecular weight excluding hydrogens is 372 g/mol. The van der Waals surface area contributed by atoms with Crippen molar-refractivity contribution in [3.63, 3.8) is 0 Å². The van der Waals surface area contributed by atoms with Gasteiger partial charge in [0, 0.05) is 6.42 Å². The lowest BCUT2D eigenvalue weighted by Crippen LogP contribution is -2.18. The van der Waals surface area contributed by atoms with Gasteiger partial charge in [0.25, 0.3) is 0 Å². The van der Waals surface area contributed by atoms with Crippen LogP contribution in [0.2, 0.25) is 0 Å². The molecule has 0 aromatic carbocycles. The van der Waals surface area contributed by atoms with Gasteiger partial charge in [-0.15, -0.1) is 0 Å². The van der Waals surface area contributed by atoms with Crippen LogP contribution in [0.15, 0.2) is 11.8 Å². The first-order chi connectivity index (χ1) is 14.0. The van der Waals surface area contributed by atoms with Crippen LogP contribution < -0.4 is 0 Å². The normalized spacial score (nSPS) is 13.7. The highest BCUT2D eigenvalue weighted by Crippen LogP contribution is 2.26. The number of hydrogen-bond donors (Lipinski definition) is 0. The first-order valence-corrected chi connectivity index (χ1v) is 11.8. The molecule has 0 bridgehead atoms. The Balaban J connectivity index is 2.63. The van der Waals surface area contributed by atoms with Crippen LogP contribution in [-0.2, 0) is 4.74 Å². The van der Waals surface area contributed by atoms with Crippen LogP contribution in [-0.4, -0.2) is 28.0 Å². The molecule has 0 aliphatic carbocycles. The number of aromatic nitrogens is 2. The molecule has 30 heavy (non-hydrogen) atoms. The standard InChI is InChI=1S/C26H44N2O2/c1-9-10-11-12-14-22(30-19(2)3)15-13-16-25(29)24-18-27-23(21(5)28-24)17-20(4)26(6,7)8/h17-19,22H,9-16H2,1-8H3/b20-17+. The van der Waals surface area contributed by atoms with Gasteiger partial charge in [-0.1, -0.05) is 59.0 Å². The van der Waals surface area contributed by atoms with Crippen molar-refractivity contribution in [2.24, 2.45) is 5.41 Å². The SMILES string of the molecule is CCCCCCC(CCCC(=O)c1cnc(/C=C(\C)C(C)(C)C)c(C)n1)OC(C)C. The highest BCUT2D eigenvalue weighted by atomic mass is 16.5. The Bertz CT molecular complexity index is 687. The van der Waals surface area contributed by atoms with Gasteiger partial charge in [-0.05, 0) is 58.4 Å². The van der Waals surface area contributed by atoms with E-state index in [9.17, 15) is 4.79 Å². The zero-order valence-corrected chi connectivity index (χ0v) is 20.7. The van der Waals surface area contributed by atoms with E-state index in [1.807, 2.05) is 6.92 Å². The van der Waals surface area contributed by atoms with Crippen molar-refractivity contribution >= 4 is 11.9 Å². The topological polar surface area (TPSA) is 52.1 Å². The first-order valence-electron chi connectivity index (χ1n) is 11.8. The van der Waals surface area contributed by atoms with Crippen molar-refractivity contribution in [2.75, 3.05) is 0 Å². The molecule has 0 N–H and O–H groups in total. The molecule has 0 saturated carbocycles. The molecule has 1 heterocycles.